The Kier molecular flexibility index (Phi) is 5.73. The largest absolute Gasteiger partial charge is 0.493 e. The average Bonchev–Trinajstić information content (AvgIpc) is 2.84. The lowest BCUT2D eigenvalue weighted by atomic mass is 9.83. The van der Waals surface area contributed by atoms with Crippen molar-refractivity contribution in [2.75, 3.05) is 13.2 Å². The van der Waals surface area contributed by atoms with Gasteiger partial charge in [0.2, 0.25) is 0 Å². The van der Waals surface area contributed by atoms with Gasteiger partial charge in [-0.3, -0.25) is 0 Å². The quantitative estimate of drug-likeness (QED) is 0.797. The maximum Gasteiger partial charge on any atom is 0.125 e. The second kappa shape index (κ2) is 7.15. The number of halogens is 1. The Labute approximate surface area is 137 Å². The molecule has 3 heteroatoms. The van der Waals surface area contributed by atoms with Gasteiger partial charge in [0.25, 0.3) is 0 Å². The highest BCUT2D eigenvalue weighted by Crippen LogP contribution is 2.34. The standard InChI is InChI=1S/C18H28BrNO/c1-5-9-20-16(18(2,3)4)7-6-13-11-15(19)12-14-8-10-21-17(13)14/h11-12,16,20H,5-10H2,1-4H3. The third kappa shape index (κ3) is 4.46. The molecule has 2 nitrogen and oxygen atoms in total. The van der Waals surface area contributed by atoms with Crippen LogP contribution in [0.4, 0.5) is 0 Å². The molecule has 2 rings (SSSR count). The molecule has 1 atom stereocenters. The third-order valence-electron chi connectivity index (χ3n) is 4.21. The molecule has 21 heavy (non-hydrogen) atoms. The van der Waals surface area contributed by atoms with Crippen LogP contribution in [-0.4, -0.2) is 19.2 Å². The zero-order valence-corrected chi connectivity index (χ0v) is 15.3. The van der Waals surface area contributed by atoms with Gasteiger partial charge in [-0.05, 0) is 54.5 Å². The number of aryl methyl sites for hydroxylation is 1. The van der Waals surface area contributed by atoms with Crippen LogP contribution in [0.1, 0.15) is 51.7 Å². The monoisotopic (exact) mass is 353 g/mol. The Bertz CT molecular complexity index is 479. The minimum absolute atomic E-state index is 0.283. The maximum absolute atomic E-state index is 5.84. The van der Waals surface area contributed by atoms with Crippen LogP contribution in [0.25, 0.3) is 0 Å². The van der Waals surface area contributed by atoms with E-state index in [9.17, 15) is 0 Å². The molecule has 1 heterocycles. The molecule has 0 fully saturated rings. The van der Waals surface area contributed by atoms with Crippen molar-refractivity contribution in [2.24, 2.45) is 5.41 Å². The van der Waals surface area contributed by atoms with E-state index in [4.69, 9.17) is 4.74 Å². The second-order valence-corrected chi connectivity index (χ2v) is 7.98. The number of fused-ring (bicyclic) bond motifs is 1. The van der Waals surface area contributed by atoms with Crippen LogP contribution in [0, 0.1) is 5.41 Å². The summed E-state index contributed by atoms with van der Waals surface area (Å²) in [6.45, 7) is 11.1. The van der Waals surface area contributed by atoms with Crippen molar-refractivity contribution in [1.82, 2.24) is 5.32 Å². The van der Waals surface area contributed by atoms with Crippen molar-refractivity contribution in [1.29, 1.82) is 0 Å². The molecule has 0 saturated carbocycles. The second-order valence-electron chi connectivity index (χ2n) is 7.06. The van der Waals surface area contributed by atoms with Gasteiger partial charge in [0.05, 0.1) is 6.61 Å². The highest BCUT2D eigenvalue weighted by molar-refractivity contribution is 9.10. The molecule has 1 aromatic rings. The van der Waals surface area contributed by atoms with Crippen LogP contribution < -0.4 is 10.1 Å². The molecule has 0 saturated heterocycles. The van der Waals surface area contributed by atoms with Crippen LogP contribution in [-0.2, 0) is 12.8 Å². The van der Waals surface area contributed by atoms with Gasteiger partial charge >= 0.3 is 0 Å². The summed E-state index contributed by atoms with van der Waals surface area (Å²) in [5.41, 5.74) is 2.99. The van der Waals surface area contributed by atoms with Gasteiger partial charge in [0, 0.05) is 16.9 Å². The van der Waals surface area contributed by atoms with E-state index in [0.29, 0.717) is 6.04 Å². The number of rotatable bonds is 6. The molecular formula is C18H28BrNO. The van der Waals surface area contributed by atoms with Gasteiger partial charge in [-0.15, -0.1) is 0 Å². The molecule has 1 aliphatic rings. The first kappa shape index (κ1) is 16.8. The van der Waals surface area contributed by atoms with Crippen molar-refractivity contribution >= 4 is 15.9 Å². The van der Waals surface area contributed by atoms with Crippen LogP contribution in [0.5, 0.6) is 5.75 Å². The van der Waals surface area contributed by atoms with Crippen LogP contribution in [0.15, 0.2) is 16.6 Å². The molecule has 1 unspecified atom stereocenters. The third-order valence-corrected chi connectivity index (χ3v) is 4.67. The maximum atomic E-state index is 5.84. The first-order chi connectivity index (χ1) is 9.91. The summed E-state index contributed by atoms with van der Waals surface area (Å²) in [5.74, 6) is 1.14. The summed E-state index contributed by atoms with van der Waals surface area (Å²) in [7, 11) is 0. The molecule has 1 N–H and O–H groups in total. The summed E-state index contributed by atoms with van der Waals surface area (Å²) < 4.78 is 7.02. The van der Waals surface area contributed by atoms with Crippen LogP contribution in [0.3, 0.4) is 0 Å². The van der Waals surface area contributed by atoms with Crippen molar-refractivity contribution in [3.63, 3.8) is 0 Å². The summed E-state index contributed by atoms with van der Waals surface area (Å²) in [6, 6.07) is 4.96. The lowest BCUT2D eigenvalue weighted by Gasteiger charge is -2.32. The fraction of sp³-hybridized carbons (Fsp3) is 0.667. The zero-order chi connectivity index (χ0) is 15.5. The highest BCUT2D eigenvalue weighted by Gasteiger charge is 2.25. The van der Waals surface area contributed by atoms with Gasteiger partial charge in [-0.1, -0.05) is 43.6 Å². The van der Waals surface area contributed by atoms with Crippen molar-refractivity contribution < 1.29 is 4.74 Å². The Morgan fingerprint density at radius 3 is 2.76 bits per heavy atom. The van der Waals surface area contributed by atoms with E-state index in [0.717, 1.165) is 38.2 Å². The van der Waals surface area contributed by atoms with E-state index in [-0.39, 0.29) is 5.41 Å². The first-order valence-electron chi connectivity index (χ1n) is 8.09. The minimum Gasteiger partial charge on any atom is -0.493 e. The van der Waals surface area contributed by atoms with Crippen LogP contribution >= 0.6 is 15.9 Å². The molecule has 0 spiro atoms. The minimum atomic E-state index is 0.283. The molecule has 1 aliphatic heterocycles. The number of benzene rings is 1. The summed E-state index contributed by atoms with van der Waals surface area (Å²) in [4.78, 5) is 0. The van der Waals surface area contributed by atoms with E-state index in [2.05, 4.69) is 61.1 Å². The number of ether oxygens (including phenoxy) is 1. The summed E-state index contributed by atoms with van der Waals surface area (Å²) >= 11 is 3.63. The van der Waals surface area contributed by atoms with Crippen molar-refractivity contribution in [3.05, 3.63) is 27.7 Å². The molecule has 0 amide bonds. The molecule has 0 bridgehead atoms. The van der Waals surface area contributed by atoms with Gasteiger partial charge in [0.1, 0.15) is 5.75 Å². The number of hydrogen-bond acceptors (Lipinski definition) is 2. The first-order valence-corrected chi connectivity index (χ1v) is 8.88. The predicted octanol–water partition coefficient (Wildman–Crippen LogP) is 4.73. The number of hydrogen-bond donors (Lipinski definition) is 1. The molecular weight excluding hydrogens is 326 g/mol. The molecule has 1 aromatic carbocycles. The molecule has 0 radical (unpaired) electrons. The zero-order valence-electron chi connectivity index (χ0n) is 13.8. The SMILES string of the molecule is CCCNC(CCc1cc(Br)cc2c1OCC2)C(C)(C)C. The Morgan fingerprint density at radius 1 is 1.33 bits per heavy atom. The average molecular weight is 354 g/mol. The van der Waals surface area contributed by atoms with E-state index in [1.165, 1.54) is 22.0 Å². The topological polar surface area (TPSA) is 21.3 Å². The lowest BCUT2D eigenvalue weighted by molar-refractivity contribution is 0.254. The summed E-state index contributed by atoms with van der Waals surface area (Å²) in [6.07, 6.45) is 4.44. The molecule has 0 aromatic heterocycles. The normalized spacial score (nSPS) is 15.7. The molecule has 0 aliphatic carbocycles. The van der Waals surface area contributed by atoms with Gasteiger partial charge in [-0.2, -0.15) is 0 Å². The Balaban J connectivity index is 2.07. The van der Waals surface area contributed by atoms with E-state index < -0.39 is 0 Å². The highest BCUT2D eigenvalue weighted by atomic mass is 79.9. The number of nitrogens with one attached hydrogen (secondary N) is 1. The van der Waals surface area contributed by atoms with Crippen molar-refractivity contribution in [2.45, 2.75) is 59.4 Å². The Morgan fingerprint density at radius 2 is 2.10 bits per heavy atom. The van der Waals surface area contributed by atoms with Gasteiger partial charge in [-0.25, -0.2) is 0 Å². The van der Waals surface area contributed by atoms with E-state index in [1.54, 1.807) is 0 Å². The lowest BCUT2D eigenvalue weighted by Crippen LogP contribution is -2.41. The Hall–Kier alpha value is -0.540. The van der Waals surface area contributed by atoms with Crippen LogP contribution in [0.2, 0.25) is 0 Å². The molecule has 118 valence electrons. The predicted molar refractivity (Wildman–Crippen MR) is 93.2 cm³/mol. The van der Waals surface area contributed by atoms with Crippen molar-refractivity contribution in [3.8, 4) is 5.75 Å². The fourth-order valence-corrected chi connectivity index (χ4v) is 3.54. The van der Waals surface area contributed by atoms with Gasteiger partial charge in [0.15, 0.2) is 0 Å². The van der Waals surface area contributed by atoms with Gasteiger partial charge < -0.3 is 10.1 Å². The van der Waals surface area contributed by atoms with E-state index in [1.807, 2.05) is 0 Å². The van der Waals surface area contributed by atoms with E-state index >= 15 is 0 Å². The fourth-order valence-electron chi connectivity index (χ4n) is 2.99. The summed E-state index contributed by atoms with van der Waals surface area (Å²) in [5, 5.41) is 3.71. The smallest absolute Gasteiger partial charge is 0.125 e.